The Labute approximate surface area is 140 Å². The molecular weight excluding hydrogens is 280 g/mol. The smallest absolute Gasteiger partial charge is 0.130 e. The molecule has 0 heterocycles. The molecule has 1 heteroatoms. The van der Waals surface area contributed by atoms with Crippen molar-refractivity contribution in [3.05, 3.63) is 71.8 Å². The SMILES string of the molecule is CC(=O)CCc1ccccc1.c1ccc(C2CCCCC2)cc1. The third-order valence-electron chi connectivity index (χ3n) is 4.48. The number of carbonyl (C=O) groups is 1. The van der Waals surface area contributed by atoms with E-state index < -0.39 is 0 Å². The normalized spacial score (nSPS) is 14.7. The first-order valence-electron chi connectivity index (χ1n) is 8.84. The van der Waals surface area contributed by atoms with Gasteiger partial charge in [-0.1, -0.05) is 79.9 Å². The highest BCUT2D eigenvalue weighted by atomic mass is 16.1. The maximum atomic E-state index is 10.6. The average molecular weight is 308 g/mol. The Morgan fingerprint density at radius 3 is 2.00 bits per heavy atom. The fraction of sp³-hybridized carbons (Fsp3) is 0.409. The molecule has 0 amide bonds. The van der Waals surface area contributed by atoms with Crippen molar-refractivity contribution in [3.63, 3.8) is 0 Å². The predicted octanol–water partition coefficient (Wildman–Crippen LogP) is 5.94. The van der Waals surface area contributed by atoms with Gasteiger partial charge in [-0.05, 0) is 43.2 Å². The second-order valence-corrected chi connectivity index (χ2v) is 6.43. The van der Waals surface area contributed by atoms with Crippen LogP contribution >= 0.6 is 0 Å². The van der Waals surface area contributed by atoms with Gasteiger partial charge in [0.15, 0.2) is 0 Å². The summed E-state index contributed by atoms with van der Waals surface area (Å²) < 4.78 is 0. The highest BCUT2D eigenvalue weighted by molar-refractivity contribution is 5.75. The molecule has 1 nitrogen and oxygen atoms in total. The lowest BCUT2D eigenvalue weighted by Crippen LogP contribution is -2.03. The van der Waals surface area contributed by atoms with E-state index in [2.05, 4.69) is 30.3 Å². The first kappa shape index (κ1) is 17.5. The average Bonchev–Trinajstić information content (AvgIpc) is 2.63. The molecule has 2 aromatic carbocycles. The number of carbonyl (C=O) groups excluding carboxylic acids is 1. The van der Waals surface area contributed by atoms with Crippen molar-refractivity contribution < 1.29 is 4.79 Å². The summed E-state index contributed by atoms with van der Waals surface area (Å²) in [5, 5.41) is 0. The van der Waals surface area contributed by atoms with Crippen LogP contribution < -0.4 is 0 Å². The summed E-state index contributed by atoms with van der Waals surface area (Å²) in [4.78, 5) is 10.6. The second kappa shape index (κ2) is 9.99. The van der Waals surface area contributed by atoms with Crippen molar-refractivity contribution in [3.8, 4) is 0 Å². The molecule has 2 aromatic rings. The number of Topliss-reactive ketones (excluding diaryl/α,β-unsaturated/α-hetero) is 1. The maximum absolute atomic E-state index is 10.6. The quantitative estimate of drug-likeness (QED) is 0.683. The molecule has 0 radical (unpaired) electrons. The first-order chi connectivity index (χ1) is 11.3. The minimum atomic E-state index is 0.258. The summed E-state index contributed by atoms with van der Waals surface area (Å²) in [6.07, 6.45) is 8.65. The standard InChI is InChI=1S/C12H16.C10H12O/c1-3-7-11(8-4-1)12-9-5-2-6-10-12;1-9(11)7-8-10-5-3-2-4-6-10/h1,3-4,7-8,12H,2,5-6,9-10H2;2-6H,7-8H2,1H3. The number of ketones is 1. The van der Waals surface area contributed by atoms with E-state index in [0.29, 0.717) is 6.42 Å². The van der Waals surface area contributed by atoms with Gasteiger partial charge in [-0.3, -0.25) is 0 Å². The zero-order valence-electron chi connectivity index (χ0n) is 14.2. The Kier molecular flexibility index (Phi) is 7.59. The highest BCUT2D eigenvalue weighted by Crippen LogP contribution is 2.32. The van der Waals surface area contributed by atoms with Crippen LogP contribution in [0.25, 0.3) is 0 Å². The van der Waals surface area contributed by atoms with Crippen LogP contribution in [0.3, 0.4) is 0 Å². The zero-order valence-corrected chi connectivity index (χ0v) is 14.2. The molecule has 1 aliphatic carbocycles. The van der Waals surface area contributed by atoms with E-state index in [1.807, 2.05) is 30.3 Å². The van der Waals surface area contributed by atoms with E-state index in [1.54, 1.807) is 12.5 Å². The molecule has 0 atom stereocenters. The molecule has 23 heavy (non-hydrogen) atoms. The van der Waals surface area contributed by atoms with E-state index in [4.69, 9.17) is 0 Å². The Hall–Kier alpha value is -1.89. The van der Waals surface area contributed by atoms with Crippen LogP contribution in [0, 0.1) is 0 Å². The topological polar surface area (TPSA) is 17.1 Å². The number of hydrogen-bond acceptors (Lipinski definition) is 1. The van der Waals surface area contributed by atoms with E-state index >= 15 is 0 Å². The molecule has 0 N–H and O–H groups in total. The van der Waals surface area contributed by atoms with E-state index in [-0.39, 0.29) is 5.78 Å². The zero-order chi connectivity index (χ0) is 16.3. The minimum Gasteiger partial charge on any atom is -0.300 e. The van der Waals surface area contributed by atoms with Crippen LogP contribution in [-0.4, -0.2) is 5.78 Å². The van der Waals surface area contributed by atoms with Gasteiger partial charge in [0.25, 0.3) is 0 Å². The molecule has 0 aromatic heterocycles. The van der Waals surface area contributed by atoms with E-state index in [1.165, 1.54) is 37.7 Å². The monoisotopic (exact) mass is 308 g/mol. The number of hydrogen-bond donors (Lipinski definition) is 0. The van der Waals surface area contributed by atoms with Crippen molar-refractivity contribution >= 4 is 5.78 Å². The van der Waals surface area contributed by atoms with Crippen molar-refractivity contribution in [2.24, 2.45) is 0 Å². The summed E-state index contributed by atoms with van der Waals surface area (Å²) in [6.45, 7) is 1.63. The Morgan fingerprint density at radius 2 is 1.43 bits per heavy atom. The maximum Gasteiger partial charge on any atom is 0.130 e. The number of benzene rings is 2. The lowest BCUT2D eigenvalue weighted by Gasteiger charge is -2.21. The van der Waals surface area contributed by atoms with E-state index in [0.717, 1.165) is 12.3 Å². The van der Waals surface area contributed by atoms with Gasteiger partial charge in [-0.25, -0.2) is 0 Å². The molecule has 0 saturated heterocycles. The van der Waals surface area contributed by atoms with Crippen LogP contribution in [0.5, 0.6) is 0 Å². The van der Waals surface area contributed by atoms with Gasteiger partial charge in [0.2, 0.25) is 0 Å². The van der Waals surface area contributed by atoms with Gasteiger partial charge in [0.05, 0.1) is 0 Å². The van der Waals surface area contributed by atoms with Crippen LogP contribution in [0.1, 0.15) is 62.5 Å². The Bertz CT molecular complexity index is 553. The van der Waals surface area contributed by atoms with Gasteiger partial charge < -0.3 is 4.79 Å². The van der Waals surface area contributed by atoms with Crippen LogP contribution in [0.4, 0.5) is 0 Å². The van der Waals surface area contributed by atoms with Crippen molar-refractivity contribution in [1.29, 1.82) is 0 Å². The predicted molar refractivity (Wildman–Crippen MR) is 97.7 cm³/mol. The molecule has 1 aliphatic rings. The van der Waals surface area contributed by atoms with Crippen LogP contribution in [0.2, 0.25) is 0 Å². The van der Waals surface area contributed by atoms with Gasteiger partial charge in [0.1, 0.15) is 5.78 Å². The summed E-state index contributed by atoms with van der Waals surface area (Å²) in [7, 11) is 0. The molecular formula is C22H28O. The fourth-order valence-corrected chi connectivity index (χ4v) is 3.13. The molecule has 1 fully saturated rings. The van der Waals surface area contributed by atoms with Gasteiger partial charge in [-0.15, -0.1) is 0 Å². The third kappa shape index (κ3) is 6.81. The van der Waals surface area contributed by atoms with Crippen LogP contribution in [-0.2, 0) is 11.2 Å². The van der Waals surface area contributed by atoms with Crippen molar-refractivity contribution in [2.75, 3.05) is 0 Å². The third-order valence-corrected chi connectivity index (χ3v) is 4.48. The van der Waals surface area contributed by atoms with Crippen molar-refractivity contribution in [1.82, 2.24) is 0 Å². The summed E-state index contributed by atoms with van der Waals surface area (Å²) in [6, 6.07) is 21.0. The van der Waals surface area contributed by atoms with E-state index in [9.17, 15) is 4.79 Å². The molecule has 122 valence electrons. The van der Waals surface area contributed by atoms with Crippen LogP contribution in [0.15, 0.2) is 60.7 Å². The Balaban J connectivity index is 0.000000168. The largest absolute Gasteiger partial charge is 0.300 e. The van der Waals surface area contributed by atoms with Gasteiger partial charge in [0, 0.05) is 6.42 Å². The summed E-state index contributed by atoms with van der Waals surface area (Å²) in [5.41, 5.74) is 2.79. The number of rotatable bonds is 4. The molecule has 0 spiro atoms. The molecule has 0 aliphatic heterocycles. The first-order valence-corrected chi connectivity index (χ1v) is 8.84. The second-order valence-electron chi connectivity index (χ2n) is 6.43. The van der Waals surface area contributed by atoms with Gasteiger partial charge in [-0.2, -0.15) is 0 Å². The van der Waals surface area contributed by atoms with Gasteiger partial charge >= 0.3 is 0 Å². The molecule has 3 rings (SSSR count). The fourth-order valence-electron chi connectivity index (χ4n) is 3.13. The summed E-state index contributed by atoms with van der Waals surface area (Å²) >= 11 is 0. The lowest BCUT2D eigenvalue weighted by atomic mass is 9.84. The highest BCUT2D eigenvalue weighted by Gasteiger charge is 2.14. The Morgan fingerprint density at radius 1 is 0.870 bits per heavy atom. The molecule has 1 saturated carbocycles. The molecule has 0 unspecified atom stereocenters. The summed E-state index contributed by atoms with van der Waals surface area (Å²) in [5.74, 6) is 1.12. The number of aryl methyl sites for hydroxylation is 1. The molecule has 0 bridgehead atoms. The van der Waals surface area contributed by atoms with Crippen molar-refractivity contribution in [2.45, 2.75) is 57.8 Å². The lowest BCUT2D eigenvalue weighted by molar-refractivity contribution is -0.116. The minimum absolute atomic E-state index is 0.258.